The number of benzene rings is 1. The standard InChI is InChI=1S/C21H33N3O6/c1-5-28-17-8-7-15(12-18(17)29-6-2)9-10-23-19(25)13-30-20(26)16(11-14(3)4)24-21(22)27/h7-8,12,14,16H,5-6,9-11,13H2,1-4H3,(H,23,25)(H3,22,24,27)/t16-/m1/s1. The molecule has 1 atom stereocenters. The molecule has 9 heteroatoms. The molecule has 0 bridgehead atoms. The fourth-order valence-corrected chi connectivity index (χ4v) is 2.74. The van der Waals surface area contributed by atoms with Crippen molar-refractivity contribution in [3.63, 3.8) is 0 Å². The SMILES string of the molecule is CCOc1ccc(CCNC(=O)COC(=O)[C@@H](CC(C)C)NC(N)=O)cc1OCC. The molecule has 0 unspecified atom stereocenters. The number of hydrogen-bond donors (Lipinski definition) is 3. The van der Waals surface area contributed by atoms with Gasteiger partial charge in [0.15, 0.2) is 18.1 Å². The average Bonchev–Trinajstić information content (AvgIpc) is 2.67. The number of carbonyl (C=O) groups excluding carboxylic acids is 3. The number of primary amides is 1. The lowest BCUT2D eigenvalue weighted by atomic mass is 10.0. The van der Waals surface area contributed by atoms with E-state index in [0.717, 1.165) is 5.56 Å². The van der Waals surface area contributed by atoms with Crippen LogP contribution in [-0.4, -0.2) is 50.3 Å². The normalized spacial score (nSPS) is 11.5. The Kier molecular flexibility index (Phi) is 11.1. The highest BCUT2D eigenvalue weighted by Gasteiger charge is 2.23. The van der Waals surface area contributed by atoms with E-state index < -0.39 is 30.6 Å². The maximum atomic E-state index is 12.1. The van der Waals surface area contributed by atoms with Gasteiger partial charge in [-0.25, -0.2) is 9.59 Å². The van der Waals surface area contributed by atoms with E-state index in [9.17, 15) is 14.4 Å². The van der Waals surface area contributed by atoms with Gasteiger partial charge in [-0.05, 0) is 50.3 Å². The minimum atomic E-state index is -0.879. The maximum absolute atomic E-state index is 12.1. The molecule has 3 amide bonds. The Hall–Kier alpha value is -2.97. The van der Waals surface area contributed by atoms with Gasteiger partial charge in [0.25, 0.3) is 5.91 Å². The first-order valence-electron chi connectivity index (χ1n) is 10.1. The molecule has 1 rings (SSSR count). The minimum Gasteiger partial charge on any atom is -0.490 e. The summed E-state index contributed by atoms with van der Waals surface area (Å²) in [7, 11) is 0. The molecule has 0 saturated heterocycles. The first kappa shape index (κ1) is 25.1. The van der Waals surface area contributed by atoms with Crippen LogP contribution in [0.25, 0.3) is 0 Å². The molecular weight excluding hydrogens is 390 g/mol. The molecule has 9 nitrogen and oxygen atoms in total. The van der Waals surface area contributed by atoms with Crippen LogP contribution in [-0.2, 0) is 20.7 Å². The lowest BCUT2D eigenvalue weighted by molar-refractivity contribution is -0.150. The van der Waals surface area contributed by atoms with Gasteiger partial charge in [-0.1, -0.05) is 19.9 Å². The van der Waals surface area contributed by atoms with E-state index in [4.69, 9.17) is 19.9 Å². The van der Waals surface area contributed by atoms with Crippen molar-refractivity contribution in [3.05, 3.63) is 23.8 Å². The van der Waals surface area contributed by atoms with Gasteiger partial charge in [-0.15, -0.1) is 0 Å². The second kappa shape index (κ2) is 13.3. The summed E-state index contributed by atoms with van der Waals surface area (Å²) in [6, 6.07) is 3.94. The van der Waals surface area contributed by atoms with Crippen LogP contribution < -0.4 is 25.8 Å². The number of esters is 1. The van der Waals surface area contributed by atoms with Crippen molar-refractivity contribution in [3.8, 4) is 11.5 Å². The molecule has 0 heterocycles. The van der Waals surface area contributed by atoms with Crippen molar-refractivity contribution < 1.29 is 28.6 Å². The molecule has 0 aliphatic carbocycles. The first-order valence-corrected chi connectivity index (χ1v) is 10.1. The Bertz CT molecular complexity index is 708. The van der Waals surface area contributed by atoms with Crippen molar-refractivity contribution in [1.82, 2.24) is 10.6 Å². The zero-order valence-electron chi connectivity index (χ0n) is 18.2. The summed E-state index contributed by atoms with van der Waals surface area (Å²) < 4.78 is 16.1. The van der Waals surface area contributed by atoms with Crippen molar-refractivity contribution in [2.75, 3.05) is 26.4 Å². The number of urea groups is 1. The summed E-state index contributed by atoms with van der Waals surface area (Å²) in [5.41, 5.74) is 6.06. The van der Waals surface area contributed by atoms with Crippen LogP contribution in [0.1, 0.15) is 39.7 Å². The summed E-state index contributed by atoms with van der Waals surface area (Å²) in [6.45, 7) is 8.60. The molecule has 1 aromatic carbocycles. The minimum absolute atomic E-state index is 0.138. The van der Waals surface area contributed by atoms with Crippen molar-refractivity contribution in [2.24, 2.45) is 11.7 Å². The fraction of sp³-hybridized carbons (Fsp3) is 0.571. The van der Waals surface area contributed by atoms with Gasteiger partial charge in [0, 0.05) is 6.54 Å². The molecule has 0 aromatic heterocycles. The Balaban J connectivity index is 2.48. The number of amides is 3. The number of carbonyl (C=O) groups is 3. The van der Waals surface area contributed by atoms with Crippen molar-refractivity contribution in [2.45, 2.75) is 46.6 Å². The van der Waals surface area contributed by atoms with Crippen LogP contribution in [0.4, 0.5) is 4.79 Å². The maximum Gasteiger partial charge on any atom is 0.329 e. The Morgan fingerprint density at radius 2 is 1.73 bits per heavy atom. The van der Waals surface area contributed by atoms with Crippen molar-refractivity contribution >= 4 is 17.9 Å². The van der Waals surface area contributed by atoms with E-state index >= 15 is 0 Å². The molecule has 0 fully saturated rings. The van der Waals surface area contributed by atoms with Crippen LogP contribution in [0.5, 0.6) is 11.5 Å². The first-order chi connectivity index (χ1) is 14.3. The third-order valence-corrected chi connectivity index (χ3v) is 4.00. The fourth-order valence-electron chi connectivity index (χ4n) is 2.74. The Morgan fingerprint density at radius 3 is 2.33 bits per heavy atom. The summed E-state index contributed by atoms with van der Waals surface area (Å²) >= 11 is 0. The third kappa shape index (κ3) is 9.49. The molecule has 0 spiro atoms. The molecule has 0 aliphatic heterocycles. The lowest BCUT2D eigenvalue weighted by Crippen LogP contribution is -2.46. The van der Waals surface area contributed by atoms with Crippen LogP contribution in [0.2, 0.25) is 0 Å². The third-order valence-electron chi connectivity index (χ3n) is 4.00. The highest BCUT2D eigenvalue weighted by Crippen LogP contribution is 2.28. The van der Waals surface area contributed by atoms with Crippen LogP contribution in [0.15, 0.2) is 18.2 Å². The van der Waals surface area contributed by atoms with Crippen LogP contribution >= 0.6 is 0 Å². The van der Waals surface area contributed by atoms with E-state index in [-0.39, 0.29) is 5.92 Å². The Morgan fingerprint density at radius 1 is 1.07 bits per heavy atom. The highest BCUT2D eigenvalue weighted by atomic mass is 16.5. The molecule has 30 heavy (non-hydrogen) atoms. The van der Waals surface area contributed by atoms with Crippen molar-refractivity contribution in [1.29, 1.82) is 0 Å². The number of hydrogen-bond acceptors (Lipinski definition) is 6. The molecular formula is C21H33N3O6. The molecule has 4 N–H and O–H groups in total. The van der Waals surface area contributed by atoms with E-state index in [1.807, 2.05) is 45.9 Å². The molecule has 0 saturated carbocycles. The van der Waals surface area contributed by atoms with Crippen LogP contribution in [0, 0.1) is 5.92 Å². The van der Waals surface area contributed by atoms with E-state index in [0.29, 0.717) is 44.1 Å². The Labute approximate surface area is 177 Å². The number of ether oxygens (including phenoxy) is 3. The molecule has 168 valence electrons. The lowest BCUT2D eigenvalue weighted by Gasteiger charge is -2.18. The van der Waals surface area contributed by atoms with Gasteiger partial charge < -0.3 is 30.6 Å². The predicted octanol–water partition coefficient (Wildman–Crippen LogP) is 1.77. The second-order valence-corrected chi connectivity index (χ2v) is 7.05. The quantitative estimate of drug-likeness (QED) is 0.415. The summed E-state index contributed by atoms with van der Waals surface area (Å²) in [5, 5.41) is 5.04. The molecule has 1 aromatic rings. The van der Waals surface area contributed by atoms with Gasteiger partial charge in [0.1, 0.15) is 6.04 Å². The van der Waals surface area contributed by atoms with Crippen LogP contribution in [0.3, 0.4) is 0 Å². The summed E-state index contributed by atoms with van der Waals surface area (Å²) in [5.74, 6) is 0.362. The van der Waals surface area contributed by atoms with Gasteiger partial charge in [0.05, 0.1) is 13.2 Å². The van der Waals surface area contributed by atoms with E-state index in [1.54, 1.807) is 0 Å². The monoisotopic (exact) mass is 423 g/mol. The largest absolute Gasteiger partial charge is 0.490 e. The van der Waals surface area contributed by atoms with Gasteiger partial charge in [0.2, 0.25) is 0 Å². The van der Waals surface area contributed by atoms with Gasteiger partial charge in [-0.3, -0.25) is 4.79 Å². The second-order valence-electron chi connectivity index (χ2n) is 7.05. The van der Waals surface area contributed by atoms with E-state index in [2.05, 4.69) is 10.6 Å². The predicted molar refractivity (Wildman–Crippen MR) is 112 cm³/mol. The summed E-state index contributed by atoms with van der Waals surface area (Å²) in [6.07, 6.45) is 0.939. The molecule has 0 aliphatic rings. The number of nitrogens with two attached hydrogens (primary N) is 1. The zero-order chi connectivity index (χ0) is 22.5. The van der Waals surface area contributed by atoms with E-state index in [1.165, 1.54) is 0 Å². The molecule has 0 radical (unpaired) electrons. The number of nitrogens with one attached hydrogen (secondary N) is 2. The highest BCUT2D eigenvalue weighted by molar-refractivity contribution is 5.85. The van der Waals surface area contributed by atoms with Gasteiger partial charge >= 0.3 is 12.0 Å². The smallest absolute Gasteiger partial charge is 0.329 e. The van der Waals surface area contributed by atoms with Gasteiger partial charge in [-0.2, -0.15) is 0 Å². The average molecular weight is 424 g/mol. The number of rotatable bonds is 13. The summed E-state index contributed by atoms with van der Waals surface area (Å²) in [4.78, 5) is 35.1. The topological polar surface area (TPSA) is 129 Å². The zero-order valence-corrected chi connectivity index (χ0v) is 18.2.